The Balaban J connectivity index is 3.19. The molecule has 0 aliphatic carbocycles. The van der Waals surface area contributed by atoms with Crippen LogP contribution in [0.25, 0.3) is 0 Å². The summed E-state index contributed by atoms with van der Waals surface area (Å²) in [5.41, 5.74) is 0.549. The van der Waals surface area contributed by atoms with Crippen molar-refractivity contribution >= 4 is 0 Å². The molecule has 12 heavy (non-hydrogen) atoms. The summed E-state index contributed by atoms with van der Waals surface area (Å²) in [4.78, 5) is 0. The van der Waals surface area contributed by atoms with Crippen LogP contribution in [0.1, 0.15) is 52.9 Å². The normalized spacial score (nSPS) is 12.0. The zero-order chi connectivity index (χ0) is 9.45. The lowest BCUT2D eigenvalue weighted by Crippen LogP contribution is -2.08. The van der Waals surface area contributed by atoms with Crippen LogP contribution in [0.15, 0.2) is 0 Å². The summed E-state index contributed by atoms with van der Waals surface area (Å²) in [6, 6.07) is 0. The van der Waals surface area contributed by atoms with Gasteiger partial charge in [0, 0.05) is 13.7 Å². The van der Waals surface area contributed by atoms with Gasteiger partial charge >= 0.3 is 0 Å². The molecule has 0 rings (SSSR count). The van der Waals surface area contributed by atoms with Crippen molar-refractivity contribution in [3.63, 3.8) is 0 Å². The van der Waals surface area contributed by atoms with Crippen LogP contribution in [0, 0.1) is 5.41 Å². The van der Waals surface area contributed by atoms with Crippen molar-refractivity contribution in [2.45, 2.75) is 52.9 Å². The molecule has 0 aliphatic rings. The van der Waals surface area contributed by atoms with Crippen LogP contribution in [-0.2, 0) is 4.74 Å². The highest BCUT2D eigenvalue weighted by atomic mass is 16.5. The van der Waals surface area contributed by atoms with Gasteiger partial charge in [-0.15, -0.1) is 0 Å². The molecule has 0 aromatic rings. The van der Waals surface area contributed by atoms with Crippen molar-refractivity contribution in [1.82, 2.24) is 0 Å². The lowest BCUT2D eigenvalue weighted by atomic mass is 9.84. The van der Waals surface area contributed by atoms with Gasteiger partial charge in [0.2, 0.25) is 0 Å². The average molecular weight is 172 g/mol. The Morgan fingerprint density at radius 1 is 1.08 bits per heavy atom. The standard InChI is InChI=1S/C11H24O/c1-5-11(2,3)9-7-6-8-10-12-4/h5-10H2,1-4H3. The van der Waals surface area contributed by atoms with E-state index in [1.807, 2.05) is 0 Å². The minimum atomic E-state index is 0.549. The second kappa shape index (κ2) is 6.47. The highest BCUT2D eigenvalue weighted by Crippen LogP contribution is 2.26. The molecule has 0 spiro atoms. The summed E-state index contributed by atoms with van der Waals surface area (Å²) in [6.45, 7) is 7.90. The van der Waals surface area contributed by atoms with E-state index in [1.165, 1.54) is 32.1 Å². The van der Waals surface area contributed by atoms with Crippen LogP contribution < -0.4 is 0 Å². The fourth-order valence-corrected chi connectivity index (χ4v) is 1.20. The predicted molar refractivity (Wildman–Crippen MR) is 54.4 cm³/mol. The Morgan fingerprint density at radius 3 is 2.25 bits per heavy atom. The lowest BCUT2D eigenvalue weighted by Gasteiger charge is -2.22. The molecule has 0 atom stereocenters. The summed E-state index contributed by atoms with van der Waals surface area (Å²) in [5.74, 6) is 0. The van der Waals surface area contributed by atoms with Gasteiger partial charge in [-0.2, -0.15) is 0 Å². The van der Waals surface area contributed by atoms with Crippen molar-refractivity contribution in [3.05, 3.63) is 0 Å². The van der Waals surface area contributed by atoms with Gasteiger partial charge in [-0.25, -0.2) is 0 Å². The smallest absolute Gasteiger partial charge is 0.0462 e. The van der Waals surface area contributed by atoms with E-state index in [2.05, 4.69) is 20.8 Å². The van der Waals surface area contributed by atoms with E-state index in [9.17, 15) is 0 Å². The third-order valence-corrected chi connectivity index (χ3v) is 2.66. The molecule has 0 N–H and O–H groups in total. The van der Waals surface area contributed by atoms with E-state index in [1.54, 1.807) is 7.11 Å². The van der Waals surface area contributed by atoms with Crippen LogP contribution in [0.5, 0.6) is 0 Å². The Morgan fingerprint density at radius 2 is 1.75 bits per heavy atom. The van der Waals surface area contributed by atoms with Gasteiger partial charge < -0.3 is 4.74 Å². The summed E-state index contributed by atoms with van der Waals surface area (Å²) in [5, 5.41) is 0. The molecule has 0 unspecified atom stereocenters. The quantitative estimate of drug-likeness (QED) is 0.533. The van der Waals surface area contributed by atoms with E-state index >= 15 is 0 Å². The van der Waals surface area contributed by atoms with Crippen LogP contribution in [0.4, 0.5) is 0 Å². The first-order valence-electron chi connectivity index (χ1n) is 5.11. The highest BCUT2D eigenvalue weighted by Gasteiger charge is 2.13. The monoisotopic (exact) mass is 172 g/mol. The second-order valence-electron chi connectivity index (χ2n) is 4.32. The van der Waals surface area contributed by atoms with E-state index in [-0.39, 0.29) is 0 Å². The fourth-order valence-electron chi connectivity index (χ4n) is 1.20. The van der Waals surface area contributed by atoms with Gasteiger partial charge in [0.05, 0.1) is 0 Å². The van der Waals surface area contributed by atoms with Crippen molar-refractivity contribution in [2.75, 3.05) is 13.7 Å². The molecule has 0 bridgehead atoms. The molecule has 0 amide bonds. The first-order chi connectivity index (χ1) is 5.62. The van der Waals surface area contributed by atoms with Gasteiger partial charge in [0.25, 0.3) is 0 Å². The highest BCUT2D eigenvalue weighted by molar-refractivity contribution is 4.65. The van der Waals surface area contributed by atoms with Gasteiger partial charge in [0.1, 0.15) is 0 Å². The van der Waals surface area contributed by atoms with Gasteiger partial charge in [-0.1, -0.05) is 40.0 Å². The molecule has 0 saturated carbocycles. The number of hydrogen-bond donors (Lipinski definition) is 0. The summed E-state index contributed by atoms with van der Waals surface area (Å²) in [7, 11) is 1.77. The number of hydrogen-bond acceptors (Lipinski definition) is 1. The van der Waals surface area contributed by atoms with Crippen LogP contribution >= 0.6 is 0 Å². The predicted octanol–water partition coefficient (Wildman–Crippen LogP) is 3.63. The summed E-state index contributed by atoms with van der Waals surface area (Å²) >= 11 is 0. The Bertz CT molecular complexity index is 97.2. The minimum Gasteiger partial charge on any atom is -0.385 e. The fraction of sp³-hybridized carbons (Fsp3) is 1.00. The third-order valence-electron chi connectivity index (χ3n) is 2.66. The van der Waals surface area contributed by atoms with Crippen molar-refractivity contribution < 1.29 is 4.74 Å². The van der Waals surface area contributed by atoms with Crippen LogP contribution in [0.2, 0.25) is 0 Å². The second-order valence-corrected chi connectivity index (χ2v) is 4.32. The molecule has 74 valence electrons. The van der Waals surface area contributed by atoms with E-state index in [0.717, 1.165) is 6.61 Å². The first-order valence-corrected chi connectivity index (χ1v) is 5.11. The molecule has 0 fully saturated rings. The Kier molecular flexibility index (Phi) is 6.45. The summed E-state index contributed by atoms with van der Waals surface area (Å²) in [6.07, 6.45) is 6.53. The molecule has 0 aromatic heterocycles. The van der Waals surface area contributed by atoms with E-state index in [0.29, 0.717) is 5.41 Å². The number of ether oxygens (including phenoxy) is 1. The Labute approximate surface area is 77.5 Å². The third kappa shape index (κ3) is 6.66. The first kappa shape index (κ1) is 12.0. The van der Waals surface area contributed by atoms with Crippen molar-refractivity contribution in [2.24, 2.45) is 5.41 Å². The van der Waals surface area contributed by atoms with Crippen LogP contribution in [0.3, 0.4) is 0 Å². The molecule has 0 saturated heterocycles. The SMILES string of the molecule is CCC(C)(C)CCCCCOC. The van der Waals surface area contributed by atoms with Gasteiger partial charge in [-0.3, -0.25) is 0 Å². The molecule has 0 aliphatic heterocycles. The van der Waals surface area contributed by atoms with E-state index < -0.39 is 0 Å². The Hall–Kier alpha value is -0.0400. The maximum absolute atomic E-state index is 5.00. The van der Waals surface area contributed by atoms with Gasteiger partial charge in [-0.05, 0) is 18.3 Å². The lowest BCUT2D eigenvalue weighted by molar-refractivity contribution is 0.189. The number of methoxy groups -OCH3 is 1. The molecule has 0 heterocycles. The zero-order valence-electron chi connectivity index (χ0n) is 9.15. The molecule has 0 aromatic carbocycles. The minimum absolute atomic E-state index is 0.549. The topological polar surface area (TPSA) is 9.23 Å². The van der Waals surface area contributed by atoms with E-state index in [4.69, 9.17) is 4.74 Å². The maximum Gasteiger partial charge on any atom is 0.0462 e. The largest absolute Gasteiger partial charge is 0.385 e. The molecular formula is C11H24O. The van der Waals surface area contributed by atoms with Gasteiger partial charge in [0.15, 0.2) is 0 Å². The maximum atomic E-state index is 5.00. The zero-order valence-corrected chi connectivity index (χ0v) is 9.15. The average Bonchev–Trinajstić information content (AvgIpc) is 2.04. The number of unbranched alkanes of at least 4 members (excludes halogenated alkanes) is 2. The van der Waals surface area contributed by atoms with Crippen molar-refractivity contribution in [1.29, 1.82) is 0 Å². The molecule has 1 heteroatoms. The molecule has 0 radical (unpaired) electrons. The molecular weight excluding hydrogens is 148 g/mol. The summed E-state index contributed by atoms with van der Waals surface area (Å²) < 4.78 is 5.00. The van der Waals surface area contributed by atoms with Crippen molar-refractivity contribution in [3.8, 4) is 0 Å². The number of rotatable bonds is 7. The van der Waals surface area contributed by atoms with Crippen LogP contribution in [-0.4, -0.2) is 13.7 Å². The molecule has 1 nitrogen and oxygen atoms in total.